The van der Waals surface area contributed by atoms with Crippen LogP contribution >= 0.6 is 0 Å². The van der Waals surface area contributed by atoms with Gasteiger partial charge in [0.25, 0.3) is 0 Å². The van der Waals surface area contributed by atoms with Gasteiger partial charge in [0.1, 0.15) is 0 Å². The molecule has 0 saturated carbocycles. The minimum Gasteiger partial charge on any atom is -0.314 e. The van der Waals surface area contributed by atoms with Gasteiger partial charge >= 0.3 is 0 Å². The van der Waals surface area contributed by atoms with Crippen molar-refractivity contribution in [2.45, 2.75) is 46.7 Å². The van der Waals surface area contributed by atoms with Gasteiger partial charge < -0.3 is 10.2 Å². The van der Waals surface area contributed by atoms with Gasteiger partial charge in [-0.05, 0) is 32.9 Å². The summed E-state index contributed by atoms with van der Waals surface area (Å²) in [5, 5.41) is 3.56. The van der Waals surface area contributed by atoms with E-state index in [0.29, 0.717) is 17.5 Å². The highest BCUT2D eigenvalue weighted by Gasteiger charge is 2.31. The highest BCUT2D eigenvalue weighted by Crippen LogP contribution is 2.24. The number of nitrogens with zero attached hydrogens (tertiary/aromatic N) is 2. The zero-order chi connectivity index (χ0) is 13.1. The van der Waals surface area contributed by atoms with E-state index in [1.165, 1.54) is 26.2 Å². The molecule has 0 bridgehead atoms. The minimum absolute atomic E-state index is 0.334. The van der Waals surface area contributed by atoms with Gasteiger partial charge in [-0.25, -0.2) is 0 Å². The van der Waals surface area contributed by atoms with Crippen molar-refractivity contribution >= 4 is 0 Å². The number of rotatable bonds is 5. The van der Waals surface area contributed by atoms with Crippen LogP contribution in [0.2, 0.25) is 0 Å². The minimum atomic E-state index is 0.334. The molecule has 1 fully saturated rings. The van der Waals surface area contributed by atoms with Crippen molar-refractivity contribution in [1.82, 2.24) is 15.1 Å². The number of nitrogens with one attached hydrogen (secondary N) is 1. The van der Waals surface area contributed by atoms with Gasteiger partial charge in [-0.2, -0.15) is 0 Å². The Balaban J connectivity index is 2.51. The van der Waals surface area contributed by atoms with Crippen molar-refractivity contribution in [2.24, 2.45) is 5.41 Å². The average molecular weight is 241 g/mol. The number of likely N-dealkylation sites (N-methyl/N-ethyl adjacent to an activating group) is 1. The van der Waals surface area contributed by atoms with E-state index in [-0.39, 0.29) is 0 Å². The molecule has 0 spiro atoms. The second-order valence-corrected chi connectivity index (χ2v) is 6.35. The number of hydrogen-bond donors (Lipinski definition) is 1. The summed E-state index contributed by atoms with van der Waals surface area (Å²) in [5.74, 6) is 0. The lowest BCUT2D eigenvalue weighted by molar-refractivity contribution is 0.0542. The molecule has 1 heterocycles. The summed E-state index contributed by atoms with van der Waals surface area (Å²) < 4.78 is 0. The molecule has 1 N–H and O–H groups in total. The van der Waals surface area contributed by atoms with Gasteiger partial charge in [0.15, 0.2) is 0 Å². The van der Waals surface area contributed by atoms with Gasteiger partial charge in [0.05, 0.1) is 0 Å². The molecular formula is C14H31N3. The van der Waals surface area contributed by atoms with Crippen LogP contribution < -0.4 is 5.32 Å². The normalized spacial score (nSPS) is 26.1. The smallest absolute Gasteiger partial charge is 0.0195 e. The predicted molar refractivity (Wildman–Crippen MR) is 75.5 cm³/mol. The Bertz CT molecular complexity index is 228. The van der Waals surface area contributed by atoms with E-state index in [1.54, 1.807) is 0 Å². The van der Waals surface area contributed by atoms with E-state index in [1.807, 2.05) is 0 Å². The molecule has 3 nitrogen and oxygen atoms in total. The van der Waals surface area contributed by atoms with Crippen molar-refractivity contribution < 1.29 is 0 Å². The number of hydrogen-bond acceptors (Lipinski definition) is 3. The summed E-state index contributed by atoms with van der Waals surface area (Å²) in [6.07, 6.45) is 0. The van der Waals surface area contributed by atoms with Gasteiger partial charge in [0.2, 0.25) is 0 Å². The van der Waals surface area contributed by atoms with E-state index < -0.39 is 0 Å². The molecule has 2 atom stereocenters. The first kappa shape index (κ1) is 14.9. The summed E-state index contributed by atoms with van der Waals surface area (Å²) in [6.45, 7) is 17.5. The van der Waals surface area contributed by atoms with E-state index in [4.69, 9.17) is 0 Å². The van der Waals surface area contributed by atoms with E-state index >= 15 is 0 Å². The van der Waals surface area contributed by atoms with E-state index in [0.717, 1.165) is 6.54 Å². The van der Waals surface area contributed by atoms with Crippen LogP contribution in [-0.4, -0.2) is 61.7 Å². The van der Waals surface area contributed by atoms with Crippen molar-refractivity contribution in [1.29, 1.82) is 0 Å². The second kappa shape index (κ2) is 6.17. The average Bonchev–Trinajstić information content (AvgIpc) is 2.22. The summed E-state index contributed by atoms with van der Waals surface area (Å²) in [6, 6.07) is 1.25. The fraction of sp³-hybridized carbons (Fsp3) is 1.00. The van der Waals surface area contributed by atoms with Crippen LogP contribution in [0.25, 0.3) is 0 Å². The van der Waals surface area contributed by atoms with E-state index in [2.05, 4.69) is 56.8 Å². The summed E-state index contributed by atoms with van der Waals surface area (Å²) in [4.78, 5) is 5.08. The quantitative estimate of drug-likeness (QED) is 0.789. The topological polar surface area (TPSA) is 18.5 Å². The molecule has 0 aromatic heterocycles. The maximum absolute atomic E-state index is 3.56. The molecule has 0 amide bonds. The Morgan fingerprint density at radius 1 is 1.35 bits per heavy atom. The Morgan fingerprint density at radius 3 is 2.53 bits per heavy atom. The standard InChI is InChI=1S/C14H31N3/c1-7-15-13(3)14(4,5)11-17-9-8-16(6)10-12(17)2/h12-13,15H,7-11H2,1-6H3. The zero-order valence-electron chi connectivity index (χ0n) is 12.6. The van der Waals surface area contributed by atoms with Gasteiger partial charge in [-0.15, -0.1) is 0 Å². The maximum Gasteiger partial charge on any atom is 0.0195 e. The van der Waals surface area contributed by atoms with Gasteiger partial charge in [-0.3, -0.25) is 4.90 Å². The molecule has 1 aliphatic rings. The molecular weight excluding hydrogens is 210 g/mol. The maximum atomic E-state index is 3.56. The second-order valence-electron chi connectivity index (χ2n) is 6.35. The molecule has 2 unspecified atom stereocenters. The third kappa shape index (κ3) is 4.23. The lowest BCUT2D eigenvalue weighted by atomic mass is 9.84. The first-order chi connectivity index (χ1) is 7.86. The highest BCUT2D eigenvalue weighted by molar-refractivity contribution is 4.87. The Kier molecular flexibility index (Phi) is 5.42. The molecule has 0 aromatic rings. The fourth-order valence-corrected chi connectivity index (χ4v) is 2.66. The molecule has 0 aromatic carbocycles. The van der Waals surface area contributed by atoms with Crippen LogP contribution in [0, 0.1) is 5.41 Å². The van der Waals surface area contributed by atoms with Crippen molar-refractivity contribution in [3.05, 3.63) is 0 Å². The molecule has 1 rings (SSSR count). The monoisotopic (exact) mass is 241 g/mol. The number of piperazine rings is 1. The van der Waals surface area contributed by atoms with Crippen LogP contribution in [0.15, 0.2) is 0 Å². The zero-order valence-corrected chi connectivity index (χ0v) is 12.6. The van der Waals surface area contributed by atoms with Crippen LogP contribution in [0.3, 0.4) is 0 Å². The predicted octanol–water partition coefficient (Wildman–Crippen LogP) is 1.65. The van der Waals surface area contributed by atoms with Crippen LogP contribution in [0.5, 0.6) is 0 Å². The van der Waals surface area contributed by atoms with Crippen LogP contribution in [0.4, 0.5) is 0 Å². The van der Waals surface area contributed by atoms with Crippen molar-refractivity contribution in [3.63, 3.8) is 0 Å². The Morgan fingerprint density at radius 2 is 2.00 bits per heavy atom. The SMILES string of the molecule is CCNC(C)C(C)(C)CN1CCN(C)CC1C. The van der Waals surface area contributed by atoms with Crippen LogP contribution in [-0.2, 0) is 0 Å². The third-order valence-corrected chi connectivity index (χ3v) is 4.26. The van der Waals surface area contributed by atoms with Crippen molar-refractivity contribution in [3.8, 4) is 0 Å². The Hall–Kier alpha value is -0.120. The molecule has 3 heteroatoms. The fourth-order valence-electron chi connectivity index (χ4n) is 2.66. The van der Waals surface area contributed by atoms with E-state index in [9.17, 15) is 0 Å². The lowest BCUT2D eigenvalue weighted by Crippen LogP contribution is -2.55. The molecule has 102 valence electrons. The Labute approximate surface area is 108 Å². The van der Waals surface area contributed by atoms with Crippen molar-refractivity contribution in [2.75, 3.05) is 39.8 Å². The lowest BCUT2D eigenvalue weighted by Gasteiger charge is -2.44. The first-order valence-electron chi connectivity index (χ1n) is 7.02. The molecule has 17 heavy (non-hydrogen) atoms. The highest BCUT2D eigenvalue weighted by atomic mass is 15.3. The summed E-state index contributed by atoms with van der Waals surface area (Å²) in [5.41, 5.74) is 0.334. The summed E-state index contributed by atoms with van der Waals surface area (Å²) >= 11 is 0. The van der Waals surface area contributed by atoms with Crippen LogP contribution in [0.1, 0.15) is 34.6 Å². The molecule has 0 radical (unpaired) electrons. The van der Waals surface area contributed by atoms with Gasteiger partial charge in [-0.1, -0.05) is 20.8 Å². The molecule has 1 saturated heterocycles. The van der Waals surface area contributed by atoms with Gasteiger partial charge in [0, 0.05) is 38.3 Å². The molecule has 1 aliphatic heterocycles. The molecule has 0 aliphatic carbocycles. The third-order valence-electron chi connectivity index (χ3n) is 4.26. The first-order valence-corrected chi connectivity index (χ1v) is 7.02. The largest absolute Gasteiger partial charge is 0.314 e. The summed E-state index contributed by atoms with van der Waals surface area (Å²) in [7, 11) is 2.22.